The van der Waals surface area contributed by atoms with E-state index in [1.54, 1.807) is 13.8 Å². The van der Waals surface area contributed by atoms with Crippen LogP contribution >= 0.6 is 12.4 Å². The summed E-state index contributed by atoms with van der Waals surface area (Å²) >= 11 is 0. The lowest BCUT2D eigenvalue weighted by Crippen LogP contribution is -2.49. The predicted octanol–water partition coefficient (Wildman–Crippen LogP) is 1.81. The van der Waals surface area contributed by atoms with Gasteiger partial charge in [-0.25, -0.2) is 8.78 Å². The second-order valence-electron chi connectivity index (χ2n) is 5.76. The molecule has 4 N–H and O–H groups in total. The number of carbonyl (C=O) groups excluding carboxylic acids is 2. The highest BCUT2D eigenvalue weighted by molar-refractivity contribution is 5.85. The summed E-state index contributed by atoms with van der Waals surface area (Å²) in [6.07, 6.45) is -0.175. The van der Waals surface area contributed by atoms with Crippen molar-refractivity contribution >= 4 is 24.2 Å². The first kappa shape index (κ1) is 21.3. The van der Waals surface area contributed by atoms with Crippen molar-refractivity contribution in [3.05, 3.63) is 35.4 Å². The molecular weight excluding hydrogens is 328 g/mol. The second-order valence-corrected chi connectivity index (χ2v) is 5.76. The van der Waals surface area contributed by atoms with Gasteiger partial charge in [0.25, 0.3) is 0 Å². The summed E-state index contributed by atoms with van der Waals surface area (Å²) in [5, 5.41) is 5.20. The fraction of sp³-hybridized carbons (Fsp3) is 0.467. The normalized spacial score (nSPS) is 12.1. The maximum Gasteiger partial charge on any atom is 0.222 e. The Kier molecular flexibility index (Phi) is 8.12. The van der Waals surface area contributed by atoms with Gasteiger partial charge in [-0.1, -0.05) is 6.07 Å². The summed E-state index contributed by atoms with van der Waals surface area (Å²) in [6, 6.07) is 2.12. The summed E-state index contributed by atoms with van der Waals surface area (Å²) in [6.45, 7) is 4.98. The van der Waals surface area contributed by atoms with E-state index >= 15 is 0 Å². The average molecular weight is 350 g/mol. The van der Waals surface area contributed by atoms with E-state index in [9.17, 15) is 18.4 Å². The smallest absolute Gasteiger partial charge is 0.222 e. The lowest BCUT2D eigenvalue weighted by Gasteiger charge is -2.26. The van der Waals surface area contributed by atoms with Crippen LogP contribution < -0.4 is 16.4 Å². The summed E-state index contributed by atoms with van der Waals surface area (Å²) in [5.41, 5.74) is 4.97. The molecule has 2 amide bonds. The van der Waals surface area contributed by atoms with Gasteiger partial charge < -0.3 is 16.4 Å². The Balaban J connectivity index is 0.00000484. The van der Waals surface area contributed by atoms with E-state index in [1.165, 1.54) is 13.0 Å². The van der Waals surface area contributed by atoms with Crippen molar-refractivity contribution in [1.82, 2.24) is 10.6 Å². The predicted molar refractivity (Wildman–Crippen MR) is 86.1 cm³/mol. The molecule has 130 valence electrons. The van der Waals surface area contributed by atoms with Gasteiger partial charge >= 0.3 is 0 Å². The molecule has 1 rings (SSSR count). The Morgan fingerprint density at radius 1 is 1.30 bits per heavy atom. The molecule has 0 radical (unpaired) electrons. The number of carbonyl (C=O) groups is 2. The number of nitrogens with two attached hydrogens (primary N) is 1. The quantitative estimate of drug-likeness (QED) is 0.732. The molecule has 0 spiro atoms. The van der Waals surface area contributed by atoms with Gasteiger partial charge in [0.05, 0.1) is 12.5 Å². The molecule has 0 saturated heterocycles. The maximum atomic E-state index is 13.9. The van der Waals surface area contributed by atoms with Gasteiger partial charge in [-0.2, -0.15) is 0 Å². The first-order chi connectivity index (χ1) is 10.1. The van der Waals surface area contributed by atoms with Crippen LogP contribution in [0.3, 0.4) is 0 Å². The minimum Gasteiger partial charge on any atom is -0.350 e. The van der Waals surface area contributed by atoms with Crippen LogP contribution in [0.15, 0.2) is 18.2 Å². The largest absolute Gasteiger partial charge is 0.350 e. The Morgan fingerprint density at radius 3 is 2.39 bits per heavy atom. The molecule has 0 bridgehead atoms. The van der Waals surface area contributed by atoms with Crippen LogP contribution in [0.4, 0.5) is 8.78 Å². The second kappa shape index (κ2) is 8.79. The highest BCUT2D eigenvalue weighted by Gasteiger charge is 2.24. The highest BCUT2D eigenvalue weighted by atomic mass is 35.5. The molecule has 0 aromatic heterocycles. The number of halogens is 3. The maximum absolute atomic E-state index is 13.9. The number of nitrogens with one attached hydrogen (secondary N) is 2. The Bertz CT molecular complexity index is 568. The summed E-state index contributed by atoms with van der Waals surface area (Å²) < 4.78 is 26.8. The third kappa shape index (κ3) is 6.92. The Morgan fingerprint density at radius 2 is 1.91 bits per heavy atom. The molecule has 0 saturated carbocycles. The molecule has 23 heavy (non-hydrogen) atoms. The molecule has 1 aromatic carbocycles. The van der Waals surface area contributed by atoms with E-state index in [1.807, 2.05) is 0 Å². The standard InChI is InChI=1S/C15H21F2N3O2.ClH/c1-9(21)19-13(7-14(22)20-15(2,3)8-18)11-5-4-10(16)6-12(11)17;/h4-6,13H,7-8,18H2,1-3H3,(H,19,21)(H,20,22);1H. The molecular formula is C15H22ClF2N3O2. The molecule has 1 unspecified atom stereocenters. The minimum atomic E-state index is -0.883. The summed E-state index contributed by atoms with van der Waals surface area (Å²) in [5.74, 6) is -2.35. The number of rotatable bonds is 6. The van der Waals surface area contributed by atoms with Gasteiger partial charge in [-0.05, 0) is 19.9 Å². The first-order valence-corrected chi connectivity index (χ1v) is 6.88. The molecule has 0 aliphatic rings. The van der Waals surface area contributed by atoms with E-state index < -0.39 is 35.0 Å². The van der Waals surface area contributed by atoms with E-state index in [0.717, 1.165) is 6.07 Å². The fourth-order valence-electron chi connectivity index (χ4n) is 1.93. The number of benzene rings is 1. The minimum absolute atomic E-state index is 0. The number of hydrogen-bond acceptors (Lipinski definition) is 3. The average Bonchev–Trinajstić information content (AvgIpc) is 2.36. The van der Waals surface area contributed by atoms with Crippen LogP contribution in [-0.4, -0.2) is 23.9 Å². The molecule has 1 atom stereocenters. The Labute approximate surface area is 140 Å². The van der Waals surface area contributed by atoms with Gasteiger partial charge in [-0.3, -0.25) is 9.59 Å². The zero-order chi connectivity index (χ0) is 16.9. The van der Waals surface area contributed by atoms with Crippen LogP contribution in [0.5, 0.6) is 0 Å². The van der Waals surface area contributed by atoms with Gasteiger partial charge in [-0.15, -0.1) is 12.4 Å². The van der Waals surface area contributed by atoms with Crippen molar-refractivity contribution in [2.75, 3.05) is 6.54 Å². The molecule has 1 aromatic rings. The monoisotopic (exact) mass is 349 g/mol. The lowest BCUT2D eigenvalue weighted by atomic mass is 10.0. The first-order valence-electron chi connectivity index (χ1n) is 6.88. The molecule has 0 aliphatic carbocycles. The van der Waals surface area contributed by atoms with Crippen molar-refractivity contribution in [3.8, 4) is 0 Å². The van der Waals surface area contributed by atoms with Crippen molar-refractivity contribution in [1.29, 1.82) is 0 Å². The fourth-order valence-corrected chi connectivity index (χ4v) is 1.93. The third-order valence-corrected chi connectivity index (χ3v) is 3.09. The van der Waals surface area contributed by atoms with E-state index in [0.29, 0.717) is 6.07 Å². The molecule has 0 heterocycles. The zero-order valence-corrected chi connectivity index (χ0v) is 14.1. The molecule has 8 heteroatoms. The molecule has 0 fully saturated rings. The van der Waals surface area contributed by atoms with E-state index in [-0.39, 0.29) is 30.9 Å². The molecule has 5 nitrogen and oxygen atoms in total. The SMILES string of the molecule is CC(=O)NC(CC(=O)NC(C)(C)CN)c1ccc(F)cc1F.Cl. The van der Waals surface area contributed by atoms with Crippen molar-refractivity contribution < 1.29 is 18.4 Å². The van der Waals surface area contributed by atoms with E-state index in [4.69, 9.17) is 5.73 Å². The Hall–Kier alpha value is -1.73. The van der Waals surface area contributed by atoms with Crippen molar-refractivity contribution in [2.24, 2.45) is 5.73 Å². The van der Waals surface area contributed by atoms with Gasteiger partial charge in [0, 0.05) is 30.6 Å². The molecule has 0 aliphatic heterocycles. The van der Waals surface area contributed by atoms with Gasteiger partial charge in [0.15, 0.2) is 0 Å². The number of amides is 2. The van der Waals surface area contributed by atoms with E-state index in [2.05, 4.69) is 10.6 Å². The zero-order valence-electron chi connectivity index (χ0n) is 13.3. The number of hydrogen-bond donors (Lipinski definition) is 3. The van der Waals surface area contributed by atoms with Gasteiger partial charge in [0.2, 0.25) is 11.8 Å². The van der Waals surface area contributed by atoms with Crippen LogP contribution in [0.2, 0.25) is 0 Å². The lowest BCUT2D eigenvalue weighted by molar-refractivity contribution is -0.124. The van der Waals surface area contributed by atoms with Crippen LogP contribution in [0.1, 0.15) is 38.8 Å². The van der Waals surface area contributed by atoms with Gasteiger partial charge in [0.1, 0.15) is 11.6 Å². The highest BCUT2D eigenvalue weighted by Crippen LogP contribution is 2.21. The topological polar surface area (TPSA) is 84.2 Å². The van der Waals surface area contributed by atoms with Crippen molar-refractivity contribution in [3.63, 3.8) is 0 Å². The van der Waals surface area contributed by atoms with Crippen LogP contribution in [0.25, 0.3) is 0 Å². The third-order valence-electron chi connectivity index (χ3n) is 3.09. The summed E-state index contributed by atoms with van der Waals surface area (Å²) in [7, 11) is 0. The van der Waals surface area contributed by atoms with Crippen molar-refractivity contribution in [2.45, 2.75) is 38.8 Å². The van der Waals surface area contributed by atoms with Crippen LogP contribution in [0, 0.1) is 11.6 Å². The summed E-state index contributed by atoms with van der Waals surface area (Å²) in [4.78, 5) is 23.3. The van der Waals surface area contributed by atoms with Crippen LogP contribution in [-0.2, 0) is 9.59 Å².